The van der Waals surface area contributed by atoms with E-state index in [9.17, 15) is 0 Å². The molecule has 1 aliphatic rings. The normalized spacial score (nSPS) is 17.3. The van der Waals surface area contributed by atoms with Gasteiger partial charge in [-0.3, -0.25) is 4.40 Å². The summed E-state index contributed by atoms with van der Waals surface area (Å²) in [7, 11) is 0. The molecule has 0 saturated carbocycles. The summed E-state index contributed by atoms with van der Waals surface area (Å²) in [4.78, 5) is 13.5. The Hall–Kier alpha value is -2.67. The van der Waals surface area contributed by atoms with Crippen molar-refractivity contribution in [2.75, 3.05) is 18.4 Å². The Morgan fingerprint density at radius 1 is 1.32 bits per heavy atom. The highest BCUT2D eigenvalue weighted by atomic mass is 16.5. The molecule has 3 aromatic rings. The van der Waals surface area contributed by atoms with Crippen LogP contribution in [0.5, 0.6) is 5.75 Å². The second-order valence-electron chi connectivity index (χ2n) is 6.50. The summed E-state index contributed by atoms with van der Waals surface area (Å²) in [6.45, 7) is 6.00. The molecule has 3 aromatic heterocycles. The lowest BCUT2D eigenvalue weighted by atomic mass is 10.3. The minimum absolute atomic E-state index is 0.137. The van der Waals surface area contributed by atoms with Gasteiger partial charge in [-0.1, -0.05) is 0 Å². The van der Waals surface area contributed by atoms with Gasteiger partial charge >= 0.3 is 0 Å². The molecule has 25 heavy (non-hydrogen) atoms. The van der Waals surface area contributed by atoms with Crippen molar-refractivity contribution in [3.63, 3.8) is 0 Å². The molecule has 130 valence electrons. The van der Waals surface area contributed by atoms with Crippen LogP contribution in [0.3, 0.4) is 0 Å². The quantitative estimate of drug-likeness (QED) is 0.744. The number of imidazole rings is 1. The van der Waals surface area contributed by atoms with Gasteiger partial charge in [0.05, 0.1) is 23.7 Å². The number of nitrogens with zero attached hydrogens (tertiary/aromatic N) is 4. The van der Waals surface area contributed by atoms with E-state index in [4.69, 9.17) is 4.74 Å². The number of aromatic nitrogens is 4. The van der Waals surface area contributed by atoms with Gasteiger partial charge in [0.25, 0.3) is 0 Å². The van der Waals surface area contributed by atoms with Gasteiger partial charge in [0.2, 0.25) is 5.95 Å². The second-order valence-corrected chi connectivity index (χ2v) is 6.50. The third-order valence-electron chi connectivity index (χ3n) is 4.17. The zero-order valence-corrected chi connectivity index (χ0v) is 14.4. The number of hydrogen-bond acceptors (Lipinski definition) is 6. The van der Waals surface area contributed by atoms with E-state index >= 15 is 0 Å². The van der Waals surface area contributed by atoms with E-state index in [0.29, 0.717) is 12.0 Å². The van der Waals surface area contributed by atoms with Gasteiger partial charge in [-0.2, -0.15) is 0 Å². The number of hydrogen-bond donors (Lipinski definition) is 2. The first-order chi connectivity index (χ1) is 12.2. The predicted molar refractivity (Wildman–Crippen MR) is 96.9 cm³/mol. The molecule has 0 amide bonds. The highest BCUT2D eigenvalue weighted by molar-refractivity contribution is 5.61. The van der Waals surface area contributed by atoms with Crippen molar-refractivity contribution in [2.45, 2.75) is 32.4 Å². The Bertz CT molecular complexity index is 869. The van der Waals surface area contributed by atoms with Crippen LogP contribution in [0.25, 0.3) is 17.0 Å². The van der Waals surface area contributed by atoms with Crippen molar-refractivity contribution in [3.05, 3.63) is 36.8 Å². The van der Waals surface area contributed by atoms with Gasteiger partial charge in [0, 0.05) is 31.0 Å². The summed E-state index contributed by atoms with van der Waals surface area (Å²) < 4.78 is 7.75. The van der Waals surface area contributed by atoms with Gasteiger partial charge in [-0.15, -0.1) is 0 Å². The first-order valence-electron chi connectivity index (χ1n) is 8.63. The molecule has 0 bridgehead atoms. The Balaban J connectivity index is 1.62. The van der Waals surface area contributed by atoms with Crippen LogP contribution in [-0.4, -0.2) is 44.6 Å². The van der Waals surface area contributed by atoms with Crippen molar-refractivity contribution in [1.29, 1.82) is 0 Å². The number of pyridine rings is 1. The average Bonchev–Trinajstić information content (AvgIpc) is 3.23. The van der Waals surface area contributed by atoms with Crippen molar-refractivity contribution in [2.24, 2.45) is 0 Å². The van der Waals surface area contributed by atoms with Crippen LogP contribution in [0.4, 0.5) is 5.95 Å². The second kappa shape index (κ2) is 6.68. The fourth-order valence-electron chi connectivity index (χ4n) is 3.03. The van der Waals surface area contributed by atoms with Crippen LogP contribution >= 0.6 is 0 Å². The standard InChI is InChI=1S/C18H22N6O/c1-12(2)25-14-5-8-24-16(11-21-17(24)9-14)15-4-7-20-18(23-15)22-13-3-6-19-10-13/h4-5,7-9,11-13,19H,3,6,10H2,1-2H3,(H,20,22,23)/t13-/m1/s1. The van der Waals surface area contributed by atoms with Crippen LogP contribution in [0.2, 0.25) is 0 Å². The Morgan fingerprint density at radius 2 is 2.24 bits per heavy atom. The molecule has 1 saturated heterocycles. The molecule has 1 atom stereocenters. The summed E-state index contributed by atoms with van der Waals surface area (Å²) in [6, 6.07) is 6.17. The summed E-state index contributed by atoms with van der Waals surface area (Å²) in [5.41, 5.74) is 2.61. The smallest absolute Gasteiger partial charge is 0.223 e. The van der Waals surface area contributed by atoms with Gasteiger partial charge in [0.1, 0.15) is 11.4 Å². The maximum atomic E-state index is 5.74. The van der Waals surface area contributed by atoms with Gasteiger partial charge in [0.15, 0.2) is 0 Å². The highest BCUT2D eigenvalue weighted by Crippen LogP contribution is 2.23. The molecule has 4 rings (SSSR count). The van der Waals surface area contributed by atoms with Gasteiger partial charge < -0.3 is 15.4 Å². The summed E-state index contributed by atoms with van der Waals surface area (Å²) >= 11 is 0. The average molecular weight is 338 g/mol. The number of fused-ring (bicyclic) bond motifs is 1. The third-order valence-corrected chi connectivity index (χ3v) is 4.17. The molecular weight excluding hydrogens is 316 g/mol. The monoisotopic (exact) mass is 338 g/mol. The van der Waals surface area contributed by atoms with E-state index in [1.807, 2.05) is 48.8 Å². The summed E-state index contributed by atoms with van der Waals surface area (Å²) in [5.74, 6) is 1.47. The molecule has 1 aliphatic heterocycles. The number of rotatable bonds is 5. The van der Waals surface area contributed by atoms with Gasteiger partial charge in [-0.25, -0.2) is 15.0 Å². The Labute approximate surface area is 146 Å². The number of anilines is 1. The van der Waals surface area contributed by atoms with Crippen molar-refractivity contribution < 1.29 is 4.74 Å². The number of ether oxygens (including phenoxy) is 1. The van der Waals surface area contributed by atoms with Crippen molar-refractivity contribution in [1.82, 2.24) is 24.7 Å². The van der Waals surface area contributed by atoms with E-state index in [1.165, 1.54) is 0 Å². The number of nitrogens with one attached hydrogen (secondary N) is 2. The predicted octanol–water partition coefficient (Wildman–Crippen LogP) is 2.35. The van der Waals surface area contributed by atoms with E-state index in [-0.39, 0.29) is 6.10 Å². The first-order valence-corrected chi connectivity index (χ1v) is 8.63. The maximum Gasteiger partial charge on any atom is 0.223 e. The Kier molecular flexibility index (Phi) is 4.23. The fraction of sp³-hybridized carbons (Fsp3) is 0.389. The van der Waals surface area contributed by atoms with E-state index in [0.717, 1.165) is 42.3 Å². The zero-order chi connectivity index (χ0) is 17.2. The molecule has 0 spiro atoms. The van der Waals surface area contributed by atoms with Crippen molar-refractivity contribution >= 4 is 11.6 Å². The van der Waals surface area contributed by atoms with Crippen molar-refractivity contribution in [3.8, 4) is 17.1 Å². The minimum Gasteiger partial charge on any atom is -0.491 e. The van der Waals surface area contributed by atoms with Crippen LogP contribution in [-0.2, 0) is 0 Å². The molecule has 1 fully saturated rings. The molecule has 7 heteroatoms. The summed E-state index contributed by atoms with van der Waals surface area (Å²) in [5, 5.41) is 6.72. The highest BCUT2D eigenvalue weighted by Gasteiger charge is 2.16. The lowest BCUT2D eigenvalue weighted by Crippen LogP contribution is -2.23. The van der Waals surface area contributed by atoms with E-state index < -0.39 is 0 Å². The molecule has 0 aromatic carbocycles. The first kappa shape index (κ1) is 15.8. The fourth-order valence-corrected chi connectivity index (χ4v) is 3.03. The SMILES string of the molecule is CC(C)Oc1ccn2c(-c3ccnc(N[C@@H]4CCNC4)n3)cnc2c1. The van der Waals surface area contributed by atoms with E-state index in [2.05, 4.69) is 25.6 Å². The summed E-state index contributed by atoms with van der Waals surface area (Å²) in [6.07, 6.45) is 6.80. The third kappa shape index (κ3) is 3.41. The van der Waals surface area contributed by atoms with Crippen LogP contribution in [0.15, 0.2) is 36.8 Å². The van der Waals surface area contributed by atoms with Crippen LogP contribution < -0.4 is 15.4 Å². The maximum absolute atomic E-state index is 5.74. The molecule has 2 N–H and O–H groups in total. The molecule has 0 unspecified atom stereocenters. The molecular formula is C18H22N6O. The topological polar surface area (TPSA) is 76.4 Å². The van der Waals surface area contributed by atoms with Crippen LogP contribution in [0, 0.1) is 0 Å². The van der Waals surface area contributed by atoms with Crippen LogP contribution in [0.1, 0.15) is 20.3 Å². The molecule has 4 heterocycles. The lowest BCUT2D eigenvalue weighted by Gasteiger charge is -2.12. The largest absolute Gasteiger partial charge is 0.491 e. The molecule has 0 radical (unpaired) electrons. The molecule has 0 aliphatic carbocycles. The van der Waals surface area contributed by atoms with Gasteiger partial charge in [-0.05, 0) is 38.9 Å². The van der Waals surface area contributed by atoms with E-state index in [1.54, 1.807) is 6.20 Å². The minimum atomic E-state index is 0.137. The molecule has 7 nitrogen and oxygen atoms in total. The zero-order valence-electron chi connectivity index (χ0n) is 14.4. The Morgan fingerprint density at radius 3 is 3.04 bits per heavy atom. The lowest BCUT2D eigenvalue weighted by molar-refractivity contribution is 0.242.